The Balaban J connectivity index is 2.36. The zero-order chi connectivity index (χ0) is 15.5. The molecule has 0 fully saturated rings. The maximum atomic E-state index is 12.7. The fourth-order valence-electron chi connectivity index (χ4n) is 1.68. The summed E-state index contributed by atoms with van der Waals surface area (Å²) in [5.41, 5.74) is 0. The van der Waals surface area contributed by atoms with E-state index in [2.05, 4.69) is 11.8 Å². The number of hydrogen-bond donors (Lipinski definition) is 0. The molecular weight excluding hydrogens is 273 g/mol. The first-order valence-corrected chi connectivity index (χ1v) is 6.76. The molecule has 0 saturated carbocycles. The predicted octanol–water partition coefficient (Wildman–Crippen LogP) is 2.09. The molecule has 0 N–H and O–H groups in total. The van der Waals surface area contributed by atoms with Gasteiger partial charge in [0.05, 0.1) is 13.2 Å². The van der Waals surface area contributed by atoms with Gasteiger partial charge in [0.2, 0.25) is 0 Å². The molecule has 0 bridgehead atoms. The number of hydrogen-bond acceptors (Lipinski definition) is 3. The fourth-order valence-corrected chi connectivity index (χ4v) is 1.68. The second kappa shape index (κ2) is 9.78. The average molecular weight is 293 g/mol. The van der Waals surface area contributed by atoms with Crippen LogP contribution in [0.2, 0.25) is 0 Å². The molecule has 1 aromatic rings. The lowest BCUT2D eigenvalue weighted by Crippen LogP contribution is -2.34. The van der Waals surface area contributed by atoms with Crippen molar-refractivity contribution in [3.8, 4) is 17.6 Å². The van der Waals surface area contributed by atoms with E-state index in [0.29, 0.717) is 38.5 Å². The highest BCUT2D eigenvalue weighted by atomic mass is 19.1. The van der Waals surface area contributed by atoms with Crippen LogP contribution >= 0.6 is 0 Å². The summed E-state index contributed by atoms with van der Waals surface area (Å²) in [6.45, 7) is 3.58. The second-order valence-electron chi connectivity index (χ2n) is 4.32. The van der Waals surface area contributed by atoms with Crippen LogP contribution in [0.15, 0.2) is 24.3 Å². The van der Waals surface area contributed by atoms with E-state index in [1.807, 2.05) is 0 Å². The van der Waals surface area contributed by atoms with Gasteiger partial charge in [-0.1, -0.05) is 5.92 Å². The number of ether oxygens (including phenoxy) is 2. The maximum Gasteiger partial charge on any atom is 0.298 e. The number of carbonyl (C=O) groups excluding carboxylic acids is 1. The summed E-state index contributed by atoms with van der Waals surface area (Å²) >= 11 is 0. The van der Waals surface area contributed by atoms with E-state index in [4.69, 9.17) is 9.47 Å². The van der Waals surface area contributed by atoms with Gasteiger partial charge in [-0.25, -0.2) is 4.39 Å². The Labute approximate surface area is 124 Å². The number of amides is 1. The molecular formula is C16H20FNO3. The number of methoxy groups -OCH3 is 1. The van der Waals surface area contributed by atoms with Gasteiger partial charge < -0.3 is 14.4 Å². The first kappa shape index (κ1) is 17.0. The van der Waals surface area contributed by atoms with Gasteiger partial charge in [-0.05, 0) is 43.5 Å². The van der Waals surface area contributed by atoms with Gasteiger partial charge in [0.25, 0.3) is 5.91 Å². The number of carbonyl (C=O) groups is 1. The summed E-state index contributed by atoms with van der Waals surface area (Å²) in [5, 5.41) is 0. The Morgan fingerprint density at radius 1 is 1.24 bits per heavy atom. The van der Waals surface area contributed by atoms with E-state index in [1.54, 1.807) is 31.1 Å². The Morgan fingerprint density at radius 2 is 1.95 bits per heavy atom. The van der Waals surface area contributed by atoms with Crippen molar-refractivity contribution in [1.29, 1.82) is 0 Å². The lowest BCUT2D eigenvalue weighted by Gasteiger charge is -2.19. The second-order valence-corrected chi connectivity index (χ2v) is 4.32. The molecule has 1 aromatic carbocycles. The van der Waals surface area contributed by atoms with Crippen molar-refractivity contribution in [1.82, 2.24) is 4.90 Å². The van der Waals surface area contributed by atoms with Crippen LogP contribution in [0.25, 0.3) is 0 Å². The largest absolute Gasteiger partial charge is 0.494 e. The monoisotopic (exact) mass is 293 g/mol. The van der Waals surface area contributed by atoms with Crippen LogP contribution in [0.3, 0.4) is 0 Å². The third-order valence-electron chi connectivity index (χ3n) is 2.74. The molecule has 114 valence electrons. The molecule has 0 atom stereocenters. The van der Waals surface area contributed by atoms with Gasteiger partial charge in [0, 0.05) is 20.2 Å². The van der Waals surface area contributed by atoms with Gasteiger partial charge in [-0.15, -0.1) is 0 Å². The van der Waals surface area contributed by atoms with Crippen LogP contribution in [0.5, 0.6) is 5.75 Å². The van der Waals surface area contributed by atoms with Gasteiger partial charge >= 0.3 is 0 Å². The van der Waals surface area contributed by atoms with Crippen LogP contribution in [0.4, 0.5) is 4.39 Å². The molecule has 0 heterocycles. The van der Waals surface area contributed by atoms with Crippen molar-refractivity contribution >= 4 is 5.91 Å². The standard InChI is InChI=1S/C16H20FNO3/c1-3-5-16(19)18(11-13-20-2)10-4-12-21-15-8-6-14(17)7-9-15/h6-9H,4,10-13H2,1-2H3. The van der Waals surface area contributed by atoms with Crippen LogP contribution in [0.1, 0.15) is 13.3 Å². The molecule has 1 rings (SSSR count). The zero-order valence-electron chi connectivity index (χ0n) is 12.4. The Hall–Kier alpha value is -2.06. The van der Waals surface area contributed by atoms with Crippen molar-refractivity contribution in [2.75, 3.05) is 33.4 Å². The molecule has 0 aliphatic heterocycles. The number of benzene rings is 1. The number of rotatable bonds is 8. The summed E-state index contributed by atoms with van der Waals surface area (Å²) in [6, 6.07) is 5.85. The maximum absolute atomic E-state index is 12.7. The van der Waals surface area contributed by atoms with Gasteiger partial charge in [-0.3, -0.25) is 4.79 Å². The molecule has 5 heteroatoms. The van der Waals surface area contributed by atoms with E-state index >= 15 is 0 Å². The highest BCUT2D eigenvalue weighted by molar-refractivity contribution is 5.93. The molecule has 0 radical (unpaired) electrons. The molecule has 0 unspecified atom stereocenters. The lowest BCUT2D eigenvalue weighted by atomic mass is 10.3. The van der Waals surface area contributed by atoms with Gasteiger partial charge in [0.15, 0.2) is 0 Å². The highest BCUT2D eigenvalue weighted by Crippen LogP contribution is 2.11. The predicted molar refractivity (Wildman–Crippen MR) is 78.4 cm³/mol. The SMILES string of the molecule is CC#CC(=O)N(CCCOc1ccc(F)cc1)CCOC. The summed E-state index contributed by atoms with van der Waals surface area (Å²) in [4.78, 5) is 13.4. The van der Waals surface area contributed by atoms with E-state index in [1.165, 1.54) is 12.1 Å². The molecule has 0 aromatic heterocycles. The number of nitrogens with zero attached hydrogens (tertiary/aromatic N) is 1. The van der Waals surface area contributed by atoms with Gasteiger partial charge in [0.1, 0.15) is 11.6 Å². The van der Waals surface area contributed by atoms with Crippen molar-refractivity contribution < 1.29 is 18.7 Å². The molecule has 0 spiro atoms. The Bertz CT molecular complexity index is 490. The Morgan fingerprint density at radius 3 is 2.57 bits per heavy atom. The van der Waals surface area contributed by atoms with Crippen molar-refractivity contribution in [3.63, 3.8) is 0 Å². The fraction of sp³-hybridized carbons (Fsp3) is 0.438. The topological polar surface area (TPSA) is 38.8 Å². The van der Waals surface area contributed by atoms with E-state index < -0.39 is 0 Å². The molecule has 0 aliphatic carbocycles. The highest BCUT2D eigenvalue weighted by Gasteiger charge is 2.10. The smallest absolute Gasteiger partial charge is 0.298 e. The third-order valence-corrected chi connectivity index (χ3v) is 2.74. The van der Waals surface area contributed by atoms with Crippen LogP contribution in [0, 0.1) is 17.7 Å². The Kier molecular flexibility index (Phi) is 7.92. The molecule has 0 saturated heterocycles. The van der Waals surface area contributed by atoms with Crippen LogP contribution in [-0.2, 0) is 9.53 Å². The summed E-state index contributed by atoms with van der Waals surface area (Å²) in [6.07, 6.45) is 0.665. The molecule has 4 nitrogen and oxygen atoms in total. The van der Waals surface area contributed by atoms with E-state index in [-0.39, 0.29) is 11.7 Å². The third kappa shape index (κ3) is 6.77. The lowest BCUT2D eigenvalue weighted by molar-refractivity contribution is -0.125. The first-order chi connectivity index (χ1) is 10.2. The van der Waals surface area contributed by atoms with Crippen molar-refractivity contribution in [2.45, 2.75) is 13.3 Å². The van der Waals surface area contributed by atoms with Crippen LogP contribution in [-0.4, -0.2) is 44.2 Å². The van der Waals surface area contributed by atoms with Crippen LogP contribution < -0.4 is 4.74 Å². The average Bonchev–Trinajstić information content (AvgIpc) is 2.48. The van der Waals surface area contributed by atoms with E-state index in [9.17, 15) is 9.18 Å². The minimum absolute atomic E-state index is 0.212. The molecule has 1 amide bonds. The van der Waals surface area contributed by atoms with Crippen molar-refractivity contribution in [3.05, 3.63) is 30.1 Å². The normalized spacial score (nSPS) is 9.67. The van der Waals surface area contributed by atoms with Crippen molar-refractivity contribution in [2.24, 2.45) is 0 Å². The minimum atomic E-state index is -0.295. The summed E-state index contributed by atoms with van der Waals surface area (Å²) < 4.78 is 23.2. The molecule has 21 heavy (non-hydrogen) atoms. The molecule has 0 aliphatic rings. The van der Waals surface area contributed by atoms with E-state index in [0.717, 1.165) is 0 Å². The van der Waals surface area contributed by atoms with Gasteiger partial charge in [-0.2, -0.15) is 0 Å². The quantitative estimate of drug-likeness (QED) is 0.544. The number of halogens is 1. The summed E-state index contributed by atoms with van der Waals surface area (Å²) in [7, 11) is 1.59. The zero-order valence-corrected chi connectivity index (χ0v) is 12.4. The minimum Gasteiger partial charge on any atom is -0.494 e. The first-order valence-electron chi connectivity index (χ1n) is 6.76. The summed E-state index contributed by atoms with van der Waals surface area (Å²) in [5.74, 6) is 5.22.